The molecule has 0 amide bonds. The van der Waals surface area contributed by atoms with Gasteiger partial charge in [0.25, 0.3) is 0 Å². The topological polar surface area (TPSA) is 59.3 Å². The van der Waals surface area contributed by atoms with Crippen LogP contribution in [0.15, 0.2) is 58.2 Å². The molecule has 0 spiro atoms. The van der Waals surface area contributed by atoms with Crippen LogP contribution in [0.25, 0.3) is 0 Å². The van der Waals surface area contributed by atoms with Crippen molar-refractivity contribution in [2.24, 2.45) is 0 Å². The molecule has 0 atom stereocenters. The number of hydrogen-bond donors (Lipinski definition) is 1. The van der Waals surface area contributed by atoms with Crippen molar-refractivity contribution in [1.29, 1.82) is 0 Å². The predicted molar refractivity (Wildman–Crippen MR) is 59.2 cm³/mol. The van der Waals surface area contributed by atoms with E-state index in [1.54, 1.807) is 36.4 Å². The Balaban J connectivity index is 2.10. The van der Waals surface area contributed by atoms with E-state index in [9.17, 15) is 8.42 Å². The van der Waals surface area contributed by atoms with Gasteiger partial charge in [0.15, 0.2) is 0 Å². The van der Waals surface area contributed by atoms with Crippen LogP contribution < -0.4 is 4.72 Å². The van der Waals surface area contributed by atoms with Gasteiger partial charge in [0.2, 0.25) is 10.0 Å². The lowest BCUT2D eigenvalue weighted by atomic mass is 10.4. The van der Waals surface area contributed by atoms with E-state index in [-0.39, 0.29) is 11.4 Å². The minimum Gasteiger partial charge on any atom is -0.472 e. The molecule has 1 aromatic carbocycles. The number of nitrogens with one attached hydrogen (secondary N) is 1. The van der Waals surface area contributed by atoms with Gasteiger partial charge in [0, 0.05) is 12.1 Å². The average Bonchev–Trinajstić information content (AvgIpc) is 2.81. The molecule has 0 bridgehead atoms. The summed E-state index contributed by atoms with van der Waals surface area (Å²) in [6, 6.07) is 9.97. The van der Waals surface area contributed by atoms with Gasteiger partial charge in [-0.3, -0.25) is 0 Å². The number of furan rings is 1. The van der Waals surface area contributed by atoms with E-state index >= 15 is 0 Å². The second kappa shape index (κ2) is 4.51. The number of rotatable bonds is 4. The van der Waals surface area contributed by atoms with Crippen LogP contribution in [0, 0.1) is 0 Å². The first-order valence-electron chi connectivity index (χ1n) is 4.74. The van der Waals surface area contributed by atoms with Gasteiger partial charge in [-0.2, -0.15) is 0 Å². The highest BCUT2D eigenvalue weighted by atomic mass is 32.2. The molecule has 0 aliphatic carbocycles. The normalized spacial score (nSPS) is 11.5. The van der Waals surface area contributed by atoms with E-state index in [0.717, 1.165) is 5.56 Å². The quantitative estimate of drug-likeness (QED) is 0.881. The van der Waals surface area contributed by atoms with Crippen LogP contribution >= 0.6 is 0 Å². The third-order valence-electron chi connectivity index (χ3n) is 2.10. The zero-order valence-electron chi connectivity index (χ0n) is 8.46. The Hall–Kier alpha value is -1.59. The molecule has 0 unspecified atom stereocenters. The summed E-state index contributed by atoms with van der Waals surface area (Å²) in [5, 5.41) is 0. The van der Waals surface area contributed by atoms with Crippen molar-refractivity contribution in [3.05, 3.63) is 54.5 Å². The summed E-state index contributed by atoms with van der Waals surface area (Å²) in [6.45, 7) is 0.230. The Morgan fingerprint density at radius 1 is 1.12 bits per heavy atom. The van der Waals surface area contributed by atoms with E-state index in [0.29, 0.717) is 0 Å². The van der Waals surface area contributed by atoms with Crippen LogP contribution in [0.5, 0.6) is 0 Å². The molecular weight excluding hydrogens is 226 g/mol. The van der Waals surface area contributed by atoms with E-state index in [4.69, 9.17) is 4.42 Å². The van der Waals surface area contributed by atoms with Gasteiger partial charge in [-0.25, -0.2) is 13.1 Å². The van der Waals surface area contributed by atoms with Crippen LogP contribution in [0.4, 0.5) is 0 Å². The summed E-state index contributed by atoms with van der Waals surface area (Å²) in [7, 11) is -3.43. The third-order valence-corrected chi connectivity index (χ3v) is 3.52. The summed E-state index contributed by atoms with van der Waals surface area (Å²) < 4.78 is 30.9. The van der Waals surface area contributed by atoms with E-state index in [2.05, 4.69) is 4.72 Å². The maximum atomic E-state index is 11.8. The molecule has 16 heavy (non-hydrogen) atoms. The highest BCUT2D eigenvalue weighted by Gasteiger charge is 2.12. The summed E-state index contributed by atoms with van der Waals surface area (Å²) >= 11 is 0. The minimum absolute atomic E-state index is 0.230. The van der Waals surface area contributed by atoms with Crippen LogP contribution in [0.3, 0.4) is 0 Å². The summed E-state index contributed by atoms with van der Waals surface area (Å²) in [6.07, 6.45) is 3.01. The standard InChI is InChI=1S/C11H11NO3S/c13-16(14,11-4-2-1-3-5-11)12-8-10-6-7-15-9-10/h1-7,9,12H,8H2. The van der Waals surface area contributed by atoms with Crippen LogP contribution in [-0.4, -0.2) is 8.42 Å². The van der Waals surface area contributed by atoms with Crippen molar-refractivity contribution in [1.82, 2.24) is 4.72 Å². The summed E-state index contributed by atoms with van der Waals surface area (Å²) in [5.41, 5.74) is 0.791. The molecule has 2 rings (SSSR count). The Labute approximate surface area is 94.0 Å². The van der Waals surface area contributed by atoms with Crippen molar-refractivity contribution < 1.29 is 12.8 Å². The molecule has 1 heterocycles. The van der Waals surface area contributed by atoms with Gasteiger partial charge in [0.05, 0.1) is 17.4 Å². The Morgan fingerprint density at radius 2 is 1.88 bits per heavy atom. The molecule has 0 saturated carbocycles. The molecule has 1 N–H and O–H groups in total. The van der Waals surface area contributed by atoms with Crippen LogP contribution in [0.2, 0.25) is 0 Å². The first-order chi connectivity index (χ1) is 7.68. The second-order valence-electron chi connectivity index (χ2n) is 3.27. The van der Waals surface area contributed by atoms with Crippen LogP contribution in [-0.2, 0) is 16.6 Å². The molecule has 0 aliphatic rings. The SMILES string of the molecule is O=S(=O)(NCc1ccoc1)c1ccccc1. The first kappa shape index (κ1) is 10.9. The zero-order chi connectivity index (χ0) is 11.4. The monoisotopic (exact) mass is 237 g/mol. The number of hydrogen-bond acceptors (Lipinski definition) is 3. The van der Waals surface area contributed by atoms with Crippen LogP contribution in [0.1, 0.15) is 5.56 Å². The largest absolute Gasteiger partial charge is 0.472 e. The lowest BCUT2D eigenvalue weighted by Gasteiger charge is -2.04. The second-order valence-corrected chi connectivity index (χ2v) is 5.04. The average molecular weight is 237 g/mol. The van der Waals surface area contributed by atoms with Crippen molar-refractivity contribution >= 4 is 10.0 Å². The van der Waals surface area contributed by atoms with Gasteiger partial charge in [-0.1, -0.05) is 18.2 Å². The predicted octanol–water partition coefficient (Wildman–Crippen LogP) is 1.76. The Morgan fingerprint density at radius 3 is 2.50 bits per heavy atom. The number of benzene rings is 1. The Kier molecular flexibility index (Phi) is 3.07. The number of sulfonamides is 1. The molecule has 0 radical (unpaired) electrons. The molecule has 0 aliphatic heterocycles. The van der Waals surface area contributed by atoms with Gasteiger partial charge in [-0.15, -0.1) is 0 Å². The molecule has 0 saturated heterocycles. The maximum Gasteiger partial charge on any atom is 0.240 e. The molecule has 0 fully saturated rings. The van der Waals surface area contributed by atoms with Gasteiger partial charge in [-0.05, 0) is 18.2 Å². The van der Waals surface area contributed by atoms with Gasteiger partial charge in [0.1, 0.15) is 0 Å². The van der Waals surface area contributed by atoms with Crippen molar-refractivity contribution in [3.63, 3.8) is 0 Å². The minimum atomic E-state index is -3.43. The lowest BCUT2D eigenvalue weighted by Crippen LogP contribution is -2.22. The van der Waals surface area contributed by atoms with Crippen molar-refractivity contribution in [3.8, 4) is 0 Å². The third kappa shape index (κ3) is 2.50. The zero-order valence-corrected chi connectivity index (χ0v) is 9.28. The lowest BCUT2D eigenvalue weighted by molar-refractivity contribution is 0.561. The molecule has 1 aromatic heterocycles. The van der Waals surface area contributed by atoms with Gasteiger partial charge >= 0.3 is 0 Å². The fourth-order valence-electron chi connectivity index (χ4n) is 1.25. The van der Waals surface area contributed by atoms with Crippen molar-refractivity contribution in [2.45, 2.75) is 11.4 Å². The molecule has 4 nitrogen and oxygen atoms in total. The van der Waals surface area contributed by atoms with E-state index in [1.807, 2.05) is 0 Å². The van der Waals surface area contributed by atoms with Crippen molar-refractivity contribution in [2.75, 3.05) is 0 Å². The summed E-state index contributed by atoms with van der Waals surface area (Å²) in [5.74, 6) is 0. The smallest absolute Gasteiger partial charge is 0.240 e. The van der Waals surface area contributed by atoms with Gasteiger partial charge < -0.3 is 4.42 Å². The van der Waals surface area contributed by atoms with E-state index in [1.165, 1.54) is 12.5 Å². The fraction of sp³-hybridized carbons (Fsp3) is 0.0909. The first-order valence-corrected chi connectivity index (χ1v) is 6.22. The molecule has 84 valence electrons. The van der Waals surface area contributed by atoms with E-state index < -0.39 is 10.0 Å². The highest BCUT2D eigenvalue weighted by Crippen LogP contribution is 2.08. The molecule has 5 heteroatoms. The Bertz CT molecular complexity index is 532. The fourth-order valence-corrected chi connectivity index (χ4v) is 2.29. The highest BCUT2D eigenvalue weighted by molar-refractivity contribution is 7.89. The molecule has 2 aromatic rings. The maximum absolute atomic E-state index is 11.8. The molecular formula is C11H11NO3S. The summed E-state index contributed by atoms with van der Waals surface area (Å²) in [4.78, 5) is 0.262.